The number of nitrogens with one attached hydrogen (secondary N) is 1. The maximum absolute atomic E-state index is 12.9. The molecule has 1 fully saturated rings. The highest BCUT2D eigenvalue weighted by Crippen LogP contribution is 2.31. The van der Waals surface area contributed by atoms with Gasteiger partial charge in [0.05, 0.1) is 17.0 Å². The van der Waals surface area contributed by atoms with Crippen molar-refractivity contribution in [1.82, 2.24) is 5.32 Å². The number of amides is 1. The van der Waals surface area contributed by atoms with Gasteiger partial charge in [-0.1, -0.05) is 59.8 Å². The van der Waals surface area contributed by atoms with Gasteiger partial charge in [-0.2, -0.15) is 18.3 Å². The van der Waals surface area contributed by atoms with Gasteiger partial charge in [-0.25, -0.2) is 0 Å². The van der Waals surface area contributed by atoms with E-state index in [1.54, 1.807) is 12.1 Å². The Bertz CT molecular complexity index is 1180. The summed E-state index contributed by atoms with van der Waals surface area (Å²) in [7, 11) is 0. The quantitative estimate of drug-likeness (QED) is 0.410. The fraction of sp³-hybridized carbons (Fsp3) is 0.174. The lowest BCUT2D eigenvalue weighted by Crippen LogP contribution is -2.26. The van der Waals surface area contributed by atoms with Gasteiger partial charge in [0.2, 0.25) is 5.91 Å². The molecule has 0 spiro atoms. The average Bonchev–Trinajstić information content (AvgIpc) is 3.35. The second-order valence-electron chi connectivity index (χ2n) is 7.22. The van der Waals surface area contributed by atoms with Crippen molar-refractivity contribution >= 4 is 29.1 Å². The highest BCUT2D eigenvalue weighted by atomic mass is 32.2. The molecule has 32 heavy (non-hydrogen) atoms. The van der Waals surface area contributed by atoms with Crippen LogP contribution in [0.4, 0.5) is 13.2 Å². The summed E-state index contributed by atoms with van der Waals surface area (Å²) in [6.45, 7) is 2.01. The fourth-order valence-corrected chi connectivity index (χ4v) is 4.07. The molecule has 1 aromatic heterocycles. The van der Waals surface area contributed by atoms with E-state index in [2.05, 4.69) is 15.5 Å². The van der Waals surface area contributed by atoms with E-state index < -0.39 is 17.0 Å². The fourth-order valence-electron chi connectivity index (χ4n) is 3.11. The summed E-state index contributed by atoms with van der Waals surface area (Å²) in [6, 6.07) is 16.5. The zero-order valence-corrected chi connectivity index (χ0v) is 17.7. The number of furan rings is 1. The first kappa shape index (κ1) is 21.9. The van der Waals surface area contributed by atoms with Crippen molar-refractivity contribution in [2.24, 2.45) is 10.2 Å². The number of benzene rings is 2. The number of aryl methyl sites for hydroxylation is 1. The van der Waals surface area contributed by atoms with Crippen molar-refractivity contribution in [2.75, 3.05) is 0 Å². The number of halogens is 3. The van der Waals surface area contributed by atoms with E-state index in [0.717, 1.165) is 35.0 Å². The molecule has 1 amide bonds. The summed E-state index contributed by atoms with van der Waals surface area (Å²) >= 11 is 1.13. The van der Waals surface area contributed by atoms with Crippen molar-refractivity contribution < 1.29 is 22.4 Å². The zero-order valence-electron chi connectivity index (χ0n) is 16.9. The van der Waals surface area contributed by atoms with Crippen LogP contribution < -0.4 is 5.32 Å². The van der Waals surface area contributed by atoms with Crippen LogP contribution in [0.1, 0.15) is 22.5 Å². The highest BCUT2D eigenvalue weighted by molar-refractivity contribution is 8.15. The molecule has 164 valence electrons. The third-order valence-corrected chi connectivity index (χ3v) is 5.82. The van der Waals surface area contributed by atoms with Crippen LogP contribution in [0.5, 0.6) is 0 Å². The predicted octanol–water partition coefficient (Wildman–Crippen LogP) is 5.44. The molecule has 5 nitrogen and oxygen atoms in total. The van der Waals surface area contributed by atoms with Gasteiger partial charge in [-0.15, -0.1) is 5.10 Å². The van der Waals surface area contributed by atoms with Gasteiger partial charge in [0.15, 0.2) is 5.17 Å². The summed E-state index contributed by atoms with van der Waals surface area (Å²) in [5.74, 6) is 0.879. The molecule has 0 radical (unpaired) electrons. The smallest absolute Gasteiger partial charge is 0.416 e. The van der Waals surface area contributed by atoms with E-state index in [-0.39, 0.29) is 17.5 Å². The molecule has 0 saturated carbocycles. The number of thioether (sulfide) groups is 1. The lowest BCUT2D eigenvalue weighted by atomic mass is 10.1. The summed E-state index contributed by atoms with van der Waals surface area (Å²) in [5.41, 5.74) is 1.79. The molecule has 1 aliphatic heterocycles. The Hall–Kier alpha value is -3.33. The number of hydrogen-bond donors (Lipinski definition) is 1. The van der Waals surface area contributed by atoms with E-state index in [1.807, 2.05) is 37.3 Å². The molecule has 1 saturated heterocycles. The Kier molecular flexibility index (Phi) is 6.18. The average molecular weight is 457 g/mol. The van der Waals surface area contributed by atoms with Crippen molar-refractivity contribution in [3.8, 4) is 11.3 Å². The third kappa shape index (κ3) is 5.28. The van der Waals surface area contributed by atoms with Crippen LogP contribution in [-0.2, 0) is 17.4 Å². The molecule has 9 heteroatoms. The zero-order chi connectivity index (χ0) is 22.7. The molecule has 4 rings (SSSR count). The SMILES string of the molecule is Cc1ccc(-c2ccc(/C=N\N=C3\NC(=O)C(Cc4cccc(C(F)(F)F)c4)S3)o2)cc1. The van der Waals surface area contributed by atoms with Gasteiger partial charge in [0.1, 0.15) is 11.5 Å². The van der Waals surface area contributed by atoms with Crippen LogP contribution in [0.3, 0.4) is 0 Å². The minimum Gasteiger partial charge on any atom is -0.455 e. The molecule has 0 bridgehead atoms. The van der Waals surface area contributed by atoms with Crippen LogP contribution in [0, 0.1) is 6.92 Å². The largest absolute Gasteiger partial charge is 0.455 e. The second-order valence-corrected chi connectivity index (χ2v) is 8.41. The summed E-state index contributed by atoms with van der Waals surface area (Å²) < 4.78 is 44.4. The van der Waals surface area contributed by atoms with Gasteiger partial charge in [-0.3, -0.25) is 4.79 Å². The molecule has 1 atom stereocenters. The van der Waals surface area contributed by atoms with Gasteiger partial charge in [0.25, 0.3) is 0 Å². The van der Waals surface area contributed by atoms with Gasteiger partial charge < -0.3 is 9.73 Å². The maximum Gasteiger partial charge on any atom is 0.416 e. The van der Waals surface area contributed by atoms with Crippen LogP contribution in [0.25, 0.3) is 11.3 Å². The standard InChI is InChI=1S/C23H18F3N3O2S/c1-14-5-7-16(8-6-14)19-10-9-18(31-19)13-27-29-22-28-21(30)20(32-22)12-15-3-2-4-17(11-15)23(24,25)26/h2-11,13,20H,12H2,1H3,(H,28,29,30)/b27-13-. The number of carbonyl (C=O) groups is 1. The molecule has 3 aromatic rings. The van der Waals surface area contributed by atoms with E-state index in [4.69, 9.17) is 4.42 Å². The lowest BCUT2D eigenvalue weighted by molar-refractivity contribution is -0.137. The molecular weight excluding hydrogens is 439 g/mol. The summed E-state index contributed by atoms with van der Waals surface area (Å²) in [5, 5.41) is 10.2. The van der Waals surface area contributed by atoms with E-state index in [0.29, 0.717) is 17.1 Å². The number of nitrogens with zero attached hydrogens (tertiary/aromatic N) is 2. The molecule has 0 aliphatic carbocycles. The van der Waals surface area contributed by atoms with Crippen molar-refractivity contribution in [2.45, 2.75) is 24.8 Å². The van der Waals surface area contributed by atoms with Crippen molar-refractivity contribution in [3.05, 3.63) is 83.1 Å². The van der Waals surface area contributed by atoms with Gasteiger partial charge in [0, 0.05) is 5.56 Å². The molecule has 1 unspecified atom stereocenters. The Balaban J connectivity index is 1.38. The number of rotatable bonds is 5. The number of alkyl halides is 3. The summed E-state index contributed by atoms with van der Waals surface area (Å²) in [6.07, 6.45) is -2.84. The van der Waals surface area contributed by atoms with E-state index in [1.165, 1.54) is 12.3 Å². The number of carbonyl (C=O) groups excluding carboxylic acids is 1. The second kappa shape index (κ2) is 9.04. The topological polar surface area (TPSA) is 67.0 Å². The number of hydrogen-bond acceptors (Lipinski definition) is 5. The Morgan fingerprint density at radius 3 is 2.66 bits per heavy atom. The molecular formula is C23H18F3N3O2S. The van der Waals surface area contributed by atoms with Crippen LogP contribution in [-0.4, -0.2) is 22.5 Å². The Morgan fingerprint density at radius 2 is 1.91 bits per heavy atom. The minimum absolute atomic E-state index is 0.154. The molecule has 1 N–H and O–H groups in total. The monoisotopic (exact) mass is 457 g/mol. The Labute approximate surface area is 186 Å². The highest BCUT2D eigenvalue weighted by Gasteiger charge is 2.33. The first-order valence-electron chi connectivity index (χ1n) is 9.69. The van der Waals surface area contributed by atoms with Gasteiger partial charge in [-0.05, 0) is 37.1 Å². The Morgan fingerprint density at radius 1 is 1.12 bits per heavy atom. The first-order valence-corrected chi connectivity index (χ1v) is 10.6. The molecule has 1 aliphatic rings. The van der Waals surface area contributed by atoms with Crippen LogP contribution in [0.2, 0.25) is 0 Å². The summed E-state index contributed by atoms with van der Waals surface area (Å²) in [4.78, 5) is 12.2. The van der Waals surface area contributed by atoms with Gasteiger partial charge >= 0.3 is 6.18 Å². The minimum atomic E-state index is -4.42. The van der Waals surface area contributed by atoms with Crippen LogP contribution in [0.15, 0.2) is 75.3 Å². The van der Waals surface area contributed by atoms with E-state index >= 15 is 0 Å². The first-order chi connectivity index (χ1) is 15.3. The molecule has 2 heterocycles. The normalized spacial score (nSPS) is 17.9. The van der Waals surface area contributed by atoms with Crippen molar-refractivity contribution in [1.29, 1.82) is 0 Å². The lowest BCUT2D eigenvalue weighted by Gasteiger charge is -2.10. The van der Waals surface area contributed by atoms with Crippen LogP contribution >= 0.6 is 11.8 Å². The van der Waals surface area contributed by atoms with Crippen molar-refractivity contribution in [3.63, 3.8) is 0 Å². The third-order valence-electron chi connectivity index (χ3n) is 4.75. The number of amidine groups is 1. The predicted molar refractivity (Wildman–Crippen MR) is 119 cm³/mol. The van der Waals surface area contributed by atoms with E-state index in [9.17, 15) is 18.0 Å². The maximum atomic E-state index is 12.9. The molecule has 2 aromatic carbocycles.